The van der Waals surface area contributed by atoms with Crippen LogP contribution in [0.5, 0.6) is 23.0 Å². The number of carbonyl (C=O) groups is 1. The van der Waals surface area contributed by atoms with Gasteiger partial charge in [0.2, 0.25) is 0 Å². The number of hydrogen-bond donors (Lipinski definition) is 1. The summed E-state index contributed by atoms with van der Waals surface area (Å²) < 4.78 is 20.8. The van der Waals surface area contributed by atoms with Crippen molar-refractivity contribution in [2.75, 3.05) is 28.4 Å². The van der Waals surface area contributed by atoms with Crippen LogP contribution in [0, 0.1) is 0 Å². The molecule has 0 heterocycles. The maximum Gasteiger partial charge on any atom is 0.271 e. The van der Waals surface area contributed by atoms with E-state index in [4.69, 9.17) is 18.9 Å². The average molecular weight is 344 g/mol. The zero-order chi connectivity index (χ0) is 18.2. The fourth-order valence-electron chi connectivity index (χ4n) is 2.12. The molecule has 0 saturated carbocycles. The second-order valence-corrected chi connectivity index (χ2v) is 4.88. The number of rotatable bonds is 7. The summed E-state index contributed by atoms with van der Waals surface area (Å²) >= 11 is 0. The highest BCUT2D eigenvalue weighted by atomic mass is 16.5. The van der Waals surface area contributed by atoms with Gasteiger partial charge < -0.3 is 18.9 Å². The third-order valence-electron chi connectivity index (χ3n) is 3.46. The largest absolute Gasteiger partial charge is 0.497 e. The molecule has 132 valence electrons. The van der Waals surface area contributed by atoms with Crippen LogP contribution in [0.25, 0.3) is 0 Å². The number of ether oxygens (including phenoxy) is 4. The van der Waals surface area contributed by atoms with Crippen LogP contribution in [0.2, 0.25) is 0 Å². The van der Waals surface area contributed by atoms with Gasteiger partial charge in [-0.05, 0) is 30.3 Å². The van der Waals surface area contributed by atoms with Gasteiger partial charge in [-0.25, -0.2) is 5.43 Å². The van der Waals surface area contributed by atoms with Crippen molar-refractivity contribution >= 4 is 12.1 Å². The standard InChI is InChI=1S/C18H20N2O5/c1-22-14-7-5-12(6-8-14)18(21)20-19-11-13-9-16(24-3)17(25-4)10-15(13)23-2/h5-11H,1-4H3,(H,20,21)/b19-11-. The number of hydrazone groups is 1. The number of carbonyl (C=O) groups excluding carboxylic acids is 1. The quantitative estimate of drug-likeness (QED) is 0.617. The zero-order valence-corrected chi connectivity index (χ0v) is 14.5. The summed E-state index contributed by atoms with van der Waals surface area (Å²) in [6.07, 6.45) is 1.47. The summed E-state index contributed by atoms with van der Waals surface area (Å²) in [6, 6.07) is 10.1. The lowest BCUT2D eigenvalue weighted by molar-refractivity contribution is 0.0955. The van der Waals surface area contributed by atoms with Gasteiger partial charge in [-0.15, -0.1) is 0 Å². The van der Waals surface area contributed by atoms with Gasteiger partial charge in [0.05, 0.1) is 34.7 Å². The number of nitrogens with zero attached hydrogens (tertiary/aromatic N) is 1. The third kappa shape index (κ3) is 4.41. The van der Waals surface area contributed by atoms with E-state index in [-0.39, 0.29) is 5.91 Å². The van der Waals surface area contributed by atoms with Crippen molar-refractivity contribution in [2.45, 2.75) is 0 Å². The lowest BCUT2D eigenvalue weighted by Crippen LogP contribution is -2.17. The van der Waals surface area contributed by atoms with Crippen molar-refractivity contribution in [3.05, 3.63) is 47.5 Å². The average Bonchev–Trinajstić information content (AvgIpc) is 2.67. The van der Waals surface area contributed by atoms with Gasteiger partial charge in [-0.1, -0.05) is 0 Å². The molecule has 25 heavy (non-hydrogen) atoms. The number of amides is 1. The van der Waals surface area contributed by atoms with Crippen LogP contribution in [0.4, 0.5) is 0 Å². The van der Waals surface area contributed by atoms with Crippen LogP contribution in [0.15, 0.2) is 41.5 Å². The van der Waals surface area contributed by atoms with E-state index in [9.17, 15) is 4.79 Å². The molecule has 0 radical (unpaired) electrons. The Morgan fingerprint density at radius 2 is 1.48 bits per heavy atom. The van der Waals surface area contributed by atoms with Gasteiger partial charge in [-0.3, -0.25) is 4.79 Å². The molecule has 0 spiro atoms. The minimum Gasteiger partial charge on any atom is -0.497 e. The van der Waals surface area contributed by atoms with Crippen LogP contribution in [0.3, 0.4) is 0 Å². The maximum atomic E-state index is 12.1. The van der Waals surface area contributed by atoms with Crippen LogP contribution >= 0.6 is 0 Å². The first-order valence-corrected chi connectivity index (χ1v) is 7.40. The van der Waals surface area contributed by atoms with Crippen molar-refractivity contribution in [2.24, 2.45) is 5.10 Å². The highest BCUT2D eigenvalue weighted by Crippen LogP contribution is 2.33. The summed E-state index contributed by atoms with van der Waals surface area (Å²) in [5.41, 5.74) is 3.57. The van der Waals surface area contributed by atoms with E-state index in [1.807, 2.05) is 0 Å². The molecule has 0 aliphatic heterocycles. The Hall–Kier alpha value is -3.22. The molecular formula is C18H20N2O5. The Morgan fingerprint density at radius 1 is 0.880 bits per heavy atom. The normalized spacial score (nSPS) is 10.4. The minimum absolute atomic E-state index is 0.335. The molecule has 0 aliphatic carbocycles. The van der Waals surface area contributed by atoms with E-state index >= 15 is 0 Å². The van der Waals surface area contributed by atoms with Crippen molar-refractivity contribution in [1.82, 2.24) is 5.43 Å². The molecule has 7 heteroatoms. The Labute approximate surface area is 146 Å². The highest BCUT2D eigenvalue weighted by Gasteiger charge is 2.11. The molecule has 0 saturated heterocycles. The van der Waals surface area contributed by atoms with Gasteiger partial charge in [-0.2, -0.15) is 5.10 Å². The summed E-state index contributed by atoms with van der Waals surface area (Å²) in [4.78, 5) is 12.1. The molecule has 2 aromatic rings. The Kier molecular flexibility index (Phi) is 6.22. The third-order valence-corrected chi connectivity index (χ3v) is 3.46. The van der Waals surface area contributed by atoms with E-state index in [0.29, 0.717) is 34.1 Å². The second-order valence-electron chi connectivity index (χ2n) is 4.88. The summed E-state index contributed by atoms with van der Waals surface area (Å²) in [5, 5.41) is 3.97. The van der Waals surface area contributed by atoms with E-state index in [0.717, 1.165) is 0 Å². The predicted molar refractivity (Wildman–Crippen MR) is 94.2 cm³/mol. The van der Waals surface area contributed by atoms with Gasteiger partial charge in [0.15, 0.2) is 11.5 Å². The van der Waals surface area contributed by atoms with Crippen LogP contribution in [-0.2, 0) is 0 Å². The van der Waals surface area contributed by atoms with E-state index < -0.39 is 0 Å². The topological polar surface area (TPSA) is 78.4 Å². The van der Waals surface area contributed by atoms with E-state index in [1.165, 1.54) is 20.4 Å². The molecule has 2 aromatic carbocycles. The first-order chi connectivity index (χ1) is 12.1. The van der Waals surface area contributed by atoms with Gasteiger partial charge in [0.1, 0.15) is 11.5 Å². The van der Waals surface area contributed by atoms with Gasteiger partial charge in [0, 0.05) is 17.2 Å². The second kappa shape index (κ2) is 8.58. The van der Waals surface area contributed by atoms with Gasteiger partial charge >= 0.3 is 0 Å². The molecule has 0 aromatic heterocycles. The van der Waals surface area contributed by atoms with E-state index in [2.05, 4.69) is 10.5 Å². The first-order valence-electron chi connectivity index (χ1n) is 7.40. The lowest BCUT2D eigenvalue weighted by Gasteiger charge is -2.11. The van der Waals surface area contributed by atoms with Crippen LogP contribution < -0.4 is 24.4 Å². The summed E-state index contributed by atoms with van der Waals surface area (Å²) in [5.74, 6) is 1.96. The molecule has 1 N–H and O–H groups in total. The molecule has 0 unspecified atom stereocenters. The molecule has 2 rings (SSSR count). The molecule has 0 fully saturated rings. The number of nitrogens with one attached hydrogen (secondary N) is 1. The predicted octanol–water partition coefficient (Wildman–Crippen LogP) is 2.48. The molecule has 0 bridgehead atoms. The Balaban J connectivity index is 2.13. The number of benzene rings is 2. The number of hydrogen-bond acceptors (Lipinski definition) is 6. The summed E-state index contributed by atoms with van der Waals surface area (Å²) in [7, 11) is 6.18. The van der Waals surface area contributed by atoms with Crippen molar-refractivity contribution in [3.63, 3.8) is 0 Å². The van der Waals surface area contributed by atoms with Crippen molar-refractivity contribution in [1.29, 1.82) is 0 Å². The fourth-order valence-corrected chi connectivity index (χ4v) is 2.12. The lowest BCUT2D eigenvalue weighted by atomic mass is 10.2. The monoisotopic (exact) mass is 344 g/mol. The zero-order valence-electron chi connectivity index (χ0n) is 14.5. The molecule has 7 nitrogen and oxygen atoms in total. The van der Waals surface area contributed by atoms with Crippen molar-refractivity contribution in [3.8, 4) is 23.0 Å². The molecule has 0 aliphatic rings. The molecular weight excluding hydrogens is 324 g/mol. The minimum atomic E-state index is -0.335. The van der Waals surface area contributed by atoms with Gasteiger partial charge in [0.25, 0.3) is 5.91 Å². The summed E-state index contributed by atoms with van der Waals surface area (Å²) in [6.45, 7) is 0. The Bertz CT molecular complexity index is 757. The van der Waals surface area contributed by atoms with Crippen LogP contribution in [0.1, 0.15) is 15.9 Å². The maximum absolute atomic E-state index is 12.1. The Morgan fingerprint density at radius 3 is 2.04 bits per heavy atom. The fraction of sp³-hybridized carbons (Fsp3) is 0.222. The molecule has 1 amide bonds. The first kappa shape index (κ1) is 18.1. The highest BCUT2D eigenvalue weighted by molar-refractivity contribution is 5.95. The number of methoxy groups -OCH3 is 4. The smallest absolute Gasteiger partial charge is 0.271 e. The van der Waals surface area contributed by atoms with Crippen LogP contribution in [-0.4, -0.2) is 40.6 Å². The van der Waals surface area contributed by atoms with Crippen molar-refractivity contribution < 1.29 is 23.7 Å². The SMILES string of the molecule is COc1ccc(C(=O)N/N=C\c2cc(OC)c(OC)cc2OC)cc1. The molecule has 0 atom stereocenters. The van der Waals surface area contributed by atoms with E-state index in [1.54, 1.807) is 50.6 Å².